The maximum atomic E-state index is 15.5. The van der Waals surface area contributed by atoms with Gasteiger partial charge in [0.15, 0.2) is 11.6 Å². The van der Waals surface area contributed by atoms with Crippen LogP contribution in [-0.4, -0.2) is 70.7 Å². The Morgan fingerprint density at radius 1 is 1.11 bits per heavy atom. The van der Waals surface area contributed by atoms with Gasteiger partial charge in [-0.1, -0.05) is 41.9 Å². The van der Waals surface area contributed by atoms with E-state index < -0.39 is 35.8 Å². The smallest absolute Gasteiger partial charge is 0.243 e. The van der Waals surface area contributed by atoms with Crippen LogP contribution in [0.3, 0.4) is 0 Å². The van der Waals surface area contributed by atoms with Crippen molar-refractivity contribution in [3.8, 4) is 0 Å². The van der Waals surface area contributed by atoms with Gasteiger partial charge in [-0.2, -0.15) is 0 Å². The molecule has 1 aromatic heterocycles. The number of benzene rings is 2. The zero-order valence-electron chi connectivity index (χ0n) is 20.4. The topological polar surface area (TPSA) is 62.6 Å². The largest absolute Gasteiger partial charge is 0.337 e. The average Bonchev–Trinajstić information content (AvgIpc) is 3.38. The summed E-state index contributed by atoms with van der Waals surface area (Å²) in [6, 6.07) is 9.85. The Morgan fingerprint density at radius 3 is 2.53 bits per heavy atom. The molecule has 0 N–H and O–H groups in total. The molecule has 0 saturated carbocycles. The van der Waals surface area contributed by atoms with Crippen LogP contribution < -0.4 is 0 Å². The van der Waals surface area contributed by atoms with Crippen molar-refractivity contribution in [3.05, 3.63) is 70.6 Å². The highest BCUT2D eigenvalue weighted by atomic mass is 35.5. The van der Waals surface area contributed by atoms with Crippen LogP contribution in [0.5, 0.6) is 0 Å². The number of ketones is 2. The van der Waals surface area contributed by atoms with E-state index in [0.29, 0.717) is 11.1 Å². The van der Waals surface area contributed by atoms with Crippen molar-refractivity contribution in [1.29, 1.82) is 0 Å². The number of alkyl halides is 1. The van der Waals surface area contributed by atoms with Crippen LogP contribution >= 0.6 is 11.6 Å². The van der Waals surface area contributed by atoms with Gasteiger partial charge in [0.05, 0.1) is 11.1 Å². The van der Waals surface area contributed by atoms with Gasteiger partial charge in [-0.25, -0.2) is 8.78 Å². The molecule has 9 heteroatoms. The summed E-state index contributed by atoms with van der Waals surface area (Å²) in [4.78, 5) is 41.7. The molecule has 0 bridgehead atoms. The second-order valence-electron chi connectivity index (χ2n) is 9.39. The lowest BCUT2D eigenvalue weighted by Gasteiger charge is -2.25. The summed E-state index contributed by atoms with van der Waals surface area (Å²) in [6.07, 6.45) is -0.0498. The van der Waals surface area contributed by atoms with E-state index in [2.05, 4.69) is 0 Å². The second-order valence-corrected chi connectivity index (χ2v) is 9.80. The van der Waals surface area contributed by atoms with Crippen LogP contribution in [0.15, 0.2) is 48.7 Å². The fraction of sp³-hybridized carbons (Fsp3) is 0.370. The molecular weight excluding hydrogens is 488 g/mol. The maximum Gasteiger partial charge on any atom is 0.243 e. The summed E-state index contributed by atoms with van der Waals surface area (Å²) in [5, 5.41) is 0.683. The van der Waals surface area contributed by atoms with E-state index in [1.54, 1.807) is 35.8 Å². The van der Waals surface area contributed by atoms with E-state index in [-0.39, 0.29) is 42.3 Å². The van der Waals surface area contributed by atoms with E-state index in [1.807, 2.05) is 24.3 Å². The molecule has 0 unspecified atom stereocenters. The molecule has 1 saturated heterocycles. The van der Waals surface area contributed by atoms with Crippen molar-refractivity contribution >= 4 is 40.0 Å². The molecule has 3 aromatic rings. The fourth-order valence-electron chi connectivity index (χ4n) is 4.90. The molecular formula is C27H28ClF2N3O3. The molecule has 1 amide bonds. The number of fused-ring (bicyclic) bond motifs is 1. The number of likely N-dealkylation sites (tertiary alicyclic amines) is 1. The minimum absolute atomic E-state index is 0.0439. The van der Waals surface area contributed by atoms with Crippen molar-refractivity contribution in [2.45, 2.75) is 44.6 Å². The molecule has 0 radical (unpaired) electrons. The van der Waals surface area contributed by atoms with E-state index in [1.165, 1.54) is 24.0 Å². The monoisotopic (exact) mass is 515 g/mol. The van der Waals surface area contributed by atoms with Gasteiger partial charge < -0.3 is 14.4 Å². The second kappa shape index (κ2) is 10.5. The summed E-state index contributed by atoms with van der Waals surface area (Å²) >= 11 is 5.84. The predicted molar refractivity (Wildman–Crippen MR) is 135 cm³/mol. The van der Waals surface area contributed by atoms with Crippen LogP contribution in [-0.2, 0) is 22.6 Å². The van der Waals surface area contributed by atoms with E-state index >= 15 is 4.39 Å². The molecule has 6 nitrogen and oxygen atoms in total. The van der Waals surface area contributed by atoms with Crippen LogP contribution in [0.1, 0.15) is 29.3 Å². The minimum Gasteiger partial charge on any atom is -0.337 e. The third-order valence-corrected chi connectivity index (χ3v) is 7.14. The lowest BCUT2D eigenvalue weighted by atomic mass is 9.99. The van der Waals surface area contributed by atoms with Gasteiger partial charge in [0.25, 0.3) is 0 Å². The highest BCUT2D eigenvalue weighted by molar-refractivity contribution is 6.30. The molecule has 2 heterocycles. The van der Waals surface area contributed by atoms with Crippen LogP contribution in [0, 0.1) is 5.82 Å². The molecule has 36 heavy (non-hydrogen) atoms. The predicted octanol–water partition coefficient (Wildman–Crippen LogP) is 4.32. The Labute approximate surface area is 213 Å². The first-order valence-electron chi connectivity index (χ1n) is 11.7. The summed E-state index contributed by atoms with van der Waals surface area (Å²) < 4.78 is 31.5. The highest BCUT2D eigenvalue weighted by Gasteiger charge is 2.48. The molecule has 190 valence electrons. The van der Waals surface area contributed by atoms with Gasteiger partial charge in [-0.3, -0.25) is 14.4 Å². The lowest BCUT2D eigenvalue weighted by molar-refractivity contribution is -0.139. The maximum absolute atomic E-state index is 15.5. The molecule has 0 spiro atoms. The molecule has 3 atom stereocenters. The fourth-order valence-corrected chi connectivity index (χ4v) is 5.09. The lowest BCUT2D eigenvalue weighted by Crippen LogP contribution is -2.45. The SMILES string of the molecule is CC(=O)c1cn(CC(=O)N2C[C@@H](N(C)C)[C@H](F)[C@H]2C(=O)CCc2cccc(Cl)c2F)c2ccccc12. The van der Waals surface area contributed by atoms with Crippen LogP contribution in [0.2, 0.25) is 5.02 Å². The number of aryl methyl sites for hydroxylation is 1. The highest BCUT2D eigenvalue weighted by Crippen LogP contribution is 2.29. The number of rotatable bonds is 8. The van der Waals surface area contributed by atoms with Gasteiger partial charge in [0, 0.05) is 35.6 Å². The number of nitrogens with zero attached hydrogens (tertiary/aromatic N) is 3. The van der Waals surface area contributed by atoms with Crippen molar-refractivity contribution in [2.75, 3.05) is 20.6 Å². The first-order chi connectivity index (χ1) is 17.1. The summed E-state index contributed by atoms with van der Waals surface area (Å²) in [7, 11) is 3.40. The molecule has 1 aliphatic heterocycles. The molecule has 2 aromatic carbocycles. The summed E-state index contributed by atoms with van der Waals surface area (Å²) in [5.41, 5.74) is 1.46. The number of amides is 1. The van der Waals surface area contributed by atoms with Gasteiger partial charge in [-0.05, 0) is 45.1 Å². The standard InChI is InChI=1S/C27H28ClF2N3O3/c1-16(34)19-13-32(21-10-5-4-8-18(19)21)15-24(36)33-14-22(31(2)3)26(30)27(33)23(35)12-11-17-7-6-9-20(28)25(17)29/h4-10,13,22,26-27H,11-12,14-15H2,1-3H3/t22-,26+,27-/m1/s1. The number of hydrogen-bond donors (Lipinski definition) is 0. The number of hydrogen-bond acceptors (Lipinski definition) is 4. The van der Waals surface area contributed by atoms with Gasteiger partial charge in [-0.15, -0.1) is 0 Å². The first-order valence-corrected chi connectivity index (χ1v) is 12.1. The normalized spacial score (nSPS) is 19.9. The Hall–Kier alpha value is -3.10. The first kappa shape index (κ1) is 26.0. The number of Topliss-reactive ketones (excluding diaryl/α,β-unsaturated/α-hetero) is 2. The Balaban J connectivity index is 1.58. The summed E-state index contributed by atoms with van der Waals surface area (Å²) in [6.45, 7) is 1.36. The number of carbonyl (C=O) groups excluding carboxylic acids is 3. The summed E-state index contributed by atoms with van der Waals surface area (Å²) in [5.74, 6) is -1.63. The van der Waals surface area contributed by atoms with Gasteiger partial charge in [0.1, 0.15) is 24.6 Å². The van der Waals surface area contributed by atoms with Gasteiger partial charge >= 0.3 is 0 Å². The zero-order chi connectivity index (χ0) is 26.1. The van der Waals surface area contributed by atoms with Crippen molar-refractivity contribution < 1.29 is 23.2 Å². The van der Waals surface area contributed by atoms with E-state index in [4.69, 9.17) is 11.6 Å². The third-order valence-electron chi connectivity index (χ3n) is 6.85. The van der Waals surface area contributed by atoms with Crippen LogP contribution in [0.4, 0.5) is 8.78 Å². The Morgan fingerprint density at radius 2 is 1.83 bits per heavy atom. The third kappa shape index (κ3) is 4.92. The number of likely N-dealkylation sites (N-methyl/N-ethyl adjacent to an activating group) is 1. The molecule has 0 aliphatic carbocycles. The Kier molecular flexibility index (Phi) is 7.57. The molecule has 1 aliphatic rings. The number of aromatic nitrogens is 1. The number of para-hydroxylation sites is 1. The minimum atomic E-state index is -1.59. The van der Waals surface area contributed by atoms with Crippen molar-refractivity contribution in [3.63, 3.8) is 0 Å². The number of halogens is 3. The van der Waals surface area contributed by atoms with Crippen molar-refractivity contribution in [1.82, 2.24) is 14.4 Å². The van der Waals surface area contributed by atoms with E-state index in [0.717, 1.165) is 5.39 Å². The van der Waals surface area contributed by atoms with Crippen molar-refractivity contribution in [2.24, 2.45) is 0 Å². The van der Waals surface area contributed by atoms with Gasteiger partial charge in [0.2, 0.25) is 5.91 Å². The molecule has 4 rings (SSSR count). The Bertz CT molecular complexity index is 1320. The van der Waals surface area contributed by atoms with Crippen LogP contribution in [0.25, 0.3) is 10.9 Å². The number of carbonyl (C=O) groups is 3. The zero-order valence-corrected chi connectivity index (χ0v) is 21.1. The molecule has 1 fully saturated rings. The average molecular weight is 516 g/mol. The quantitative estimate of drug-likeness (QED) is 0.419. The van der Waals surface area contributed by atoms with E-state index in [9.17, 15) is 18.8 Å².